The van der Waals surface area contributed by atoms with Gasteiger partial charge in [0.2, 0.25) is 0 Å². The third-order valence-corrected chi connectivity index (χ3v) is 7.89. The number of carbonyl (C=O) groups excluding carboxylic acids is 1. The smallest absolute Gasteiger partial charge is 0.254 e. The average molecular weight is 530 g/mol. The fourth-order valence-corrected chi connectivity index (χ4v) is 5.30. The summed E-state index contributed by atoms with van der Waals surface area (Å²) >= 11 is 0. The monoisotopic (exact) mass is 529 g/mol. The molecule has 1 unspecified atom stereocenters. The first-order valence-electron chi connectivity index (χ1n) is 12.0. The molecule has 0 spiro atoms. The lowest BCUT2D eigenvalue weighted by Crippen LogP contribution is -2.27. The van der Waals surface area contributed by atoms with Gasteiger partial charge in [-0.05, 0) is 91.6 Å². The fourth-order valence-electron chi connectivity index (χ4n) is 4.63. The normalized spacial score (nSPS) is 18.8. The van der Waals surface area contributed by atoms with E-state index in [9.17, 15) is 22.7 Å². The number of nitrogens with two attached hydrogens (primary N) is 1. The van der Waals surface area contributed by atoms with Crippen molar-refractivity contribution in [2.24, 2.45) is 0 Å². The number of nitrogens with zero attached hydrogens (tertiary/aromatic N) is 1. The zero-order chi connectivity index (χ0) is 26.9. The van der Waals surface area contributed by atoms with Crippen molar-refractivity contribution in [2.75, 3.05) is 12.0 Å². The Labute approximate surface area is 214 Å². The zero-order valence-electron chi connectivity index (χ0n) is 20.5. The number of rotatable bonds is 6. The summed E-state index contributed by atoms with van der Waals surface area (Å²) in [6.45, 7) is 1.55. The molecule has 1 amide bonds. The molecule has 1 heterocycles. The average Bonchev–Trinajstić information content (AvgIpc) is 2.84. The quantitative estimate of drug-likeness (QED) is 0.432. The first kappa shape index (κ1) is 26.7. The number of amides is 1. The van der Waals surface area contributed by atoms with Crippen molar-refractivity contribution in [3.63, 3.8) is 0 Å². The van der Waals surface area contributed by atoms with Gasteiger partial charge in [-0.25, -0.2) is 22.2 Å². The molecule has 1 atom stereocenters. The Morgan fingerprint density at radius 1 is 1.11 bits per heavy atom. The van der Waals surface area contributed by atoms with Crippen molar-refractivity contribution in [3.05, 3.63) is 77.0 Å². The van der Waals surface area contributed by atoms with E-state index in [1.54, 1.807) is 19.2 Å². The molecule has 4 rings (SSSR count). The van der Waals surface area contributed by atoms with Gasteiger partial charge in [0.15, 0.2) is 9.84 Å². The summed E-state index contributed by atoms with van der Waals surface area (Å²) < 4.78 is 52.7. The summed E-state index contributed by atoms with van der Waals surface area (Å²) in [6.07, 6.45) is 5.48. The first-order chi connectivity index (χ1) is 17.4. The second-order valence-corrected chi connectivity index (χ2v) is 11.6. The molecule has 0 saturated heterocycles. The second kappa shape index (κ2) is 10.5. The summed E-state index contributed by atoms with van der Waals surface area (Å²) in [5, 5.41) is 12.4. The molecule has 3 aromatic rings. The van der Waals surface area contributed by atoms with Gasteiger partial charge in [-0.3, -0.25) is 4.79 Å². The zero-order valence-corrected chi connectivity index (χ0v) is 21.4. The number of nitrogen functional groups attached to an aromatic ring is 1. The number of sulfone groups is 1. The number of aliphatic hydroxyl groups is 1. The molecule has 2 aromatic carbocycles. The van der Waals surface area contributed by atoms with Crippen molar-refractivity contribution in [3.8, 4) is 11.1 Å². The predicted molar refractivity (Wildman–Crippen MR) is 137 cm³/mol. The molecule has 0 bridgehead atoms. The van der Waals surface area contributed by atoms with E-state index in [1.165, 1.54) is 18.2 Å². The van der Waals surface area contributed by atoms with Crippen LogP contribution in [0.1, 0.15) is 66.1 Å². The second-order valence-electron chi connectivity index (χ2n) is 9.59. The first-order valence-corrected chi connectivity index (χ1v) is 13.9. The molecule has 0 aliphatic heterocycles. The number of nitrogens with one attached hydrogen (secondary N) is 1. The Morgan fingerprint density at radius 3 is 2.46 bits per heavy atom. The predicted octanol–water partition coefficient (Wildman–Crippen LogP) is 4.52. The van der Waals surface area contributed by atoms with Gasteiger partial charge < -0.3 is 16.2 Å². The Morgan fingerprint density at radius 2 is 1.81 bits per heavy atom. The number of aliphatic hydroxyl groups excluding tert-OH is 1. The number of anilines is 1. The van der Waals surface area contributed by atoms with Gasteiger partial charge in [0, 0.05) is 18.0 Å². The van der Waals surface area contributed by atoms with Gasteiger partial charge in [-0.2, -0.15) is 0 Å². The van der Waals surface area contributed by atoms with Crippen molar-refractivity contribution in [1.82, 2.24) is 10.3 Å². The van der Waals surface area contributed by atoms with Crippen LogP contribution < -0.4 is 11.1 Å². The molecule has 37 heavy (non-hydrogen) atoms. The van der Waals surface area contributed by atoms with Gasteiger partial charge in [0.1, 0.15) is 17.5 Å². The van der Waals surface area contributed by atoms with Crippen LogP contribution in [0.3, 0.4) is 0 Å². The molecule has 10 heteroatoms. The third-order valence-electron chi connectivity index (χ3n) is 6.80. The Bertz CT molecular complexity index is 1440. The molecule has 1 fully saturated rings. The van der Waals surface area contributed by atoms with Crippen LogP contribution in [0.2, 0.25) is 0 Å². The number of hydrogen-bond donors (Lipinski definition) is 3. The van der Waals surface area contributed by atoms with Crippen LogP contribution in [-0.4, -0.2) is 36.8 Å². The molecule has 1 aromatic heterocycles. The van der Waals surface area contributed by atoms with Gasteiger partial charge >= 0.3 is 0 Å². The number of benzene rings is 2. The molecular formula is C27H29F2N3O4S. The maximum absolute atomic E-state index is 15.1. The van der Waals surface area contributed by atoms with Gasteiger partial charge in [0.05, 0.1) is 22.6 Å². The minimum atomic E-state index is -3.66. The van der Waals surface area contributed by atoms with Gasteiger partial charge in [-0.1, -0.05) is 6.07 Å². The van der Waals surface area contributed by atoms with E-state index in [0.717, 1.165) is 36.8 Å². The van der Waals surface area contributed by atoms with E-state index in [1.807, 2.05) is 6.07 Å². The van der Waals surface area contributed by atoms with E-state index in [2.05, 4.69) is 10.3 Å². The van der Waals surface area contributed by atoms with Crippen molar-refractivity contribution in [2.45, 2.75) is 55.6 Å². The highest BCUT2D eigenvalue weighted by molar-refractivity contribution is 7.90. The number of carbonyl (C=O) groups is 1. The van der Waals surface area contributed by atoms with Crippen LogP contribution >= 0.6 is 0 Å². The molecular weight excluding hydrogens is 500 g/mol. The van der Waals surface area contributed by atoms with Crippen LogP contribution in [0.5, 0.6) is 0 Å². The minimum Gasteiger partial charge on any atom is -0.393 e. The van der Waals surface area contributed by atoms with Crippen molar-refractivity contribution >= 4 is 21.6 Å². The highest BCUT2D eigenvalue weighted by atomic mass is 32.2. The van der Waals surface area contributed by atoms with E-state index in [0.29, 0.717) is 24.0 Å². The lowest BCUT2D eigenvalue weighted by molar-refractivity contribution is 0.0935. The van der Waals surface area contributed by atoms with Crippen LogP contribution in [-0.2, 0) is 9.84 Å². The lowest BCUT2D eigenvalue weighted by Gasteiger charge is -2.26. The maximum atomic E-state index is 15.1. The maximum Gasteiger partial charge on any atom is 0.254 e. The highest BCUT2D eigenvalue weighted by Gasteiger charge is 2.23. The van der Waals surface area contributed by atoms with Gasteiger partial charge in [-0.15, -0.1) is 0 Å². The van der Waals surface area contributed by atoms with E-state index in [-0.39, 0.29) is 33.9 Å². The van der Waals surface area contributed by atoms with Crippen LogP contribution in [0.4, 0.5) is 14.6 Å². The molecule has 1 aliphatic carbocycles. The molecule has 1 saturated carbocycles. The fraction of sp³-hybridized carbons (Fsp3) is 0.333. The number of pyridine rings is 1. The SMILES string of the molecule is CC(NC(=O)c1ccc(-c2cc(C3CCC(O)CC3)cnc2N)cc1F)c1cc(F)cc(S(C)(=O)=O)c1. The van der Waals surface area contributed by atoms with Crippen LogP contribution in [0.15, 0.2) is 53.6 Å². The largest absolute Gasteiger partial charge is 0.393 e. The number of hydrogen-bond acceptors (Lipinski definition) is 6. The van der Waals surface area contributed by atoms with Crippen LogP contribution in [0.25, 0.3) is 11.1 Å². The van der Waals surface area contributed by atoms with E-state index >= 15 is 4.39 Å². The molecule has 4 N–H and O–H groups in total. The van der Waals surface area contributed by atoms with Crippen LogP contribution in [0, 0.1) is 11.6 Å². The standard InChI is InChI=1S/C27H29F2N3O4S/c1-15(18-9-20(28)13-22(10-18)37(2,35)36)32-27(34)23-8-5-17(12-25(23)29)24-11-19(14-31-26(24)30)16-3-6-21(33)7-4-16/h5,8-16,21,33H,3-4,6-7H2,1-2H3,(H2,30,31)(H,32,34). The Kier molecular flexibility index (Phi) is 7.61. The number of aromatic nitrogens is 1. The third kappa shape index (κ3) is 6.14. The topological polar surface area (TPSA) is 122 Å². The summed E-state index contributed by atoms with van der Waals surface area (Å²) in [4.78, 5) is 16.9. The molecule has 0 radical (unpaired) electrons. The van der Waals surface area contributed by atoms with E-state index < -0.39 is 33.4 Å². The summed E-state index contributed by atoms with van der Waals surface area (Å²) in [7, 11) is -3.66. The van der Waals surface area contributed by atoms with E-state index in [4.69, 9.17) is 5.73 Å². The summed E-state index contributed by atoms with van der Waals surface area (Å²) in [6, 6.07) is 8.52. The van der Waals surface area contributed by atoms with Crippen molar-refractivity contribution < 1.29 is 27.1 Å². The molecule has 196 valence electrons. The van der Waals surface area contributed by atoms with Gasteiger partial charge in [0.25, 0.3) is 5.91 Å². The molecule has 7 nitrogen and oxygen atoms in total. The summed E-state index contributed by atoms with van der Waals surface area (Å²) in [5.74, 6) is -1.80. The Balaban J connectivity index is 1.54. The molecule has 1 aliphatic rings. The van der Waals surface area contributed by atoms with Crippen molar-refractivity contribution in [1.29, 1.82) is 0 Å². The Hall–Kier alpha value is -3.37. The lowest BCUT2D eigenvalue weighted by atomic mass is 9.83. The minimum absolute atomic E-state index is 0.211. The highest BCUT2D eigenvalue weighted by Crippen LogP contribution is 2.36. The number of halogens is 2. The summed E-state index contributed by atoms with van der Waals surface area (Å²) in [5.41, 5.74) is 8.08.